The molecule has 0 unspecified atom stereocenters. The lowest BCUT2D eigenvalue weighted by Gasteiger charge is -2.08. The molecule has 74 valence electrons. The Bertz CT molecular complexity index is 424. The number of aliphatic hydroxyl groups excluding tert-OH is 1. The number of nitrogens with one attached hydrogen (secondary N) is 1. The fourth-order valence-electron chi connectivity index (χ4n) is 1.44. The molecular formula is C10H13N3O. The van der Waals surface area contributed by atoms with Gasteiger partial charge in [-0.3, -0.25) is 0 Å². The van der Waals surface area contributed by atoms with Gasteiger partial charge < -0.3 is 15.8 Å². The van der Waals surface area contributed by atoms with Gasteiger partial charge in [-0.1, -0.05) is 0 Å². The van der Waals surface area contributed by atoms with Crippen LogP contribution in [0, 0.1) is 0 Å². The highest BCUT2D eigenvalue weighted by Gasteiger charge is 2.07. The number of aliphatic hydroxyl groups is 1. The lowest BCUT2D eigenvalue weighted by Crippen LogP contribution is -2.13. The van der Waals surface area contributed by atoms with E-state index in [1.54, 1.807) is 0 Å². The molecule has 0 fully saturated rings. The zero-order valence-electron chi connectivity index (χ0n) is 7.77. The average Bonchev–Trinajstić information content (AvgIpc) is 2.64. The van der Waals surface area contributed by atoms with Gasteiger partial charge in [0.1, 0.15) is 0 Å². The Kier molecular flexibility index (Phi) is 2.47. The van der Waals surface area contributed by atoms with Gasteiger partial charge in [0.15, 0.2) is 0 Å². The van der Waals surface area contributed by atoms with Crippen molar-refractivity contribution in [1.29, 1.82) is 0 Å². The number of hydrogen-bond acceptors (Lipinski definition) is 3. The number of fused-ring (bicyclic) bond motifs is 1. The van der Waals surface area contributed by atoms with E-state index in [-0.39, 0.29) is 12.6 Å². The summed E-state index contributed by atoms with van der Waals surface area (Å²) in [6.07, 6.45) is 2.39. The lowest BCUT2D eigenvalue weighted by molar-refractivity contribution is 0.275. The SMILES string of the molecule is N[C@@H](CCO)c1ccc2[nH]ccc2n1. The predicted molar refractivity (Wildman–Crippen MR) is 54.7 cm³/mol. The van der Waals surface area contributed by atoms with E-state index in [2.05, 4.69) is 9.97 Å². The van der Waals surface area contributed by atoms with Crippen molar-refractivity contribution in [3.05, 3.63) is 30.1 Å². The number of pyridine rings is 1. The number of nitrogens with zero attached hydrogens (tertiary/aromatic N) is 1. The highest BCUT2D eigenvalue weighted by atomic mass is 16.3. The Balaban J connectivity index is 2.33. The molecule has 0 aliphatic carbocycles. The van der Waals surface area contributed by atoms with Gasteiger partial charge in [-0.05, 0) is 24.6 Å². The van der Waals surface area contributed by atoms with Crippen molar-refractivity contribution in [2.24, 2.45) is 5.73 Å². The minimum atomic E-state index is -0.181. The Morgan fingerprint density at radius 1 is 1.43 bits per heavy atom. The van der Waals surface area contributed by atoms with Gasteiger partial charge in [-0.2, -0.15) is 0 Å². The van der Waals surface area contributed by atoms with E-state index in [9.17, 15) is 0 Å². The van der Waals surface area contributed by atoms with Gasteiger partial charge in [0.05, 0.1) is 16.7 Å². The molecule has 0 spiro atoms. The van der Waals surface area contributed by atoms with Gasteiger partial charge in [0, 0.05) is 18.8 Å². The van der Waals surface area contributed by atoms with Crippen LogP contribution in [0.3, 0.4) is 0 Å². The van der Waals surface area contributed by atoms with Crippen LogP contribution in [0.5, 0.6) is 0 Å². The molecule has 0 aliphatic heterocycles. The Morgan fingerprint density at radius 3 is 3.07 bits per heavy atom. The van der Waals surface area contributed by atoms with E-state index in [0.29, 0.717) is 6.42 Å². The summed E-state index contributed by atoms with van der Waals surface area (Å²) in [6, 6.07) is 5.57. The molecule has 2 heterocycles. The van der Waals surface area contributed by atoms with Crippen molar-refractivity contribution in [3.63, 3.8) is 0 Å². The van der Waals surface area contributed by atoms with E-state index >= 15 is 0 Å². The third-order valence-electron chi connectivity index (χ3n) is 2.25. The van der Waals surface area contributed by atoms with Crippen LogP contribution in [0.15, 0.2) is 24.4 Å². The van der Waals surface area contributed by atoms with Crippen LogP contribution in [-0.4, -0.2) is 21.7 Å². The number of rotatable bonds is 3. The fourth-order valence-corrected chi connectivity index (χ4v) is 1.44. The molecule has 14 heavy (non-hydrogen) atoms. The molecule has 0 saturated heterocycles. The maximum atomic E-state index is 8.76. The molecule has 1 atom stereocenters. The minimum Gasteiger partial charge on any atom is -0.396 e. The Labute approximate surface area is 81.8 Å². The van der Waals surface area contributed by atoms with E-state index in [4.69, 9.17) is 10.8 Å². The Hall–Kier alpha value is -1.39. The fraction of sp³-hybridized carbons (Fsp3) is 0.300. The lowest BCUT2D eigenvalue weighted by atomic mass is 10.1. The third kappa shape index (κ3) is 1.62. The van der Waals surface area contributed by atoms with Crippen LogP contribution in [0.2, 0.25) is 0 Å². The van der Waals surface area contributed by atoms with Crippen molar-refractivity contribution in [1.82, 2.24) is 9.97 Å². The van der Waals surface area contributed by atoms with E-state index in [0.717, 1.165) is 16.7 Å². The summed E-state index contributed by atoms with van der Waals surface area (Å²) >= 11 is 0. The molecule has 0 bridgehead atoms. The molecule has 0 radical (unpaired) electrons. The van der Waals surface area contributed by atoms with Crippen LogP contribution in [0.4, 0.5) is 0 Å². The first-order valence-electron chi connectivity index (χ1n) is 4.62. The number of aromatic amines is 1. The van der Waals surface area contributed by atoms with Crippen molar-refractivity contribution >= 4 is 11.0 Å². The average molecular weight is 191 g/mol. The van der Waals surface area contributed by atoms with Crippen LogP contribution in [0.25, 0.3) is 11.0 Å². The molecule has 0 aromatic carbocycles. The van der Waals surface area contributed by atoms with Crippen molar-refractivity contribution in [2.45, 2.75) is 12.5 Å². The van der Waals surface area contributed by atoms with Gasteiger partial charge >= 0.3 is 0 Å². The molecule has 4 heteroatoms. The van der Waals surface area contributed by atoms with Crippen LogP contribution in [0.1, 0.15) is 18.2 Å². The molecule has 2 aromatic rings. The summed E-state index contributed by atoms with van der Waals surface area (Å²) in [5.41, 5.74) is 8.58. The van der Waals surface area contributed by atoms with Crippen LogP contribution < -0.4 is 5.73 Å². The Morgan fingerprint density at radius 2 is 2.29 bits per heavy atom. The summed E-state index contributed by atoms with van der Waals surface area (Å²) in [4.78, 5) is 7.45. The van der Waals surface area contributed by atoms with Crippen LogP contribution in [-0.2, 0) is 0 Å². The number of nitrogens with two attached hydrogens (primary N) is 1. The minimum absolute atomic E-state index is 0.0913. The number of aromatic nitrogens is 2. The molecule has 0 saturated carbocycles. The maximum absolute atomic E-state index is 8.76. The quantitative estimate of drug-likeness (QED) is 0.676. The number of H-pyrrole nitrogens is 1. The van der Waals surface area contributed by atoms with E-state index in [1.807, 2.05) is 24.4 Å². The largest absolute Gasteiger partial charge is 0.396 e. The van der Waals surface area contributed by atoms with E-state index in [1.165, 1.54) is 0 Å². The first-order chi connectivity index (χ1) is 6.81. The first-order valence-corrected chi connectivity index (χ1v) is 4.62. The molecule has 4 nitrogen and oxygen atoms in total. The van der Waals surface area contributed by atoms with Crippen molar-refractivity contribution in [3.8, 4) is 0 Å². The maximum Gasteiger partial charge on any atom is 0.0882 e. The summed E-state index contributed by atoms with van der Waals surface area (Å²) < 4.78 is 0. The van der Waals surface area contributed by atoms with Crippen molar-refractivity contribution in [2.75, 3.05) is 6.61 Å². The van der Waals surface area contributed by atoms with Gasteiger partial charge in [0.25, 0.3) is 0 Å². The molecular weight excluding hydrogens is 178 g/mol. The highest BCUT2D eigenvalue weighted by molar-refractivity contribution is 5.74. The monoisotopic (exact) mass is 191 g/mol. The standard InChI is InChI=1S/C10H13N3O/c11-7(4-6-14)8-1-2-9-10(13-8)3-5-12-9/h1-3,5,7,12,14H,4,6,11H2/t7-/m0/s1. The molecule has 0 amide bonds. The smallest absolute Gasteiger partial charge is 0.0882 e. The van der Waals surface area contributed by atoms with Crippen molar-refractivity contribution < 1.29 is 5.11 Å². The summed E-state index contributed by atoms with van der Waals surface area (Å²) in [7, 11) is 0. The van der Waals surface area contributed by atoms with Crippen LogP contribution >= 0.6 is 0 Å². The number of hydrogen-bond donors (Lipinski definition) is 3. The summed E-state index contributed by atoms with van der Waals surface area (Å²) in [5.74, 6) is 0. The molecule has 4 N–H and O–H groups in total. The topological polar surface area (TPSA) is 74.9 Å². The zero-order valence-corrected chi connectivity index (χ0v) is 7.77. The second kappa shape index (κ2) is 3.77. The predicted octanol–water partition coefficient (Wildman–Crippen LogP) is 0.945. The van der Waals surface area contributed by atoms with Gasteiger partial charge in [-0.15, -0.1) is 0 Å². The zero-order chi connectivity index (χ0) is 9.97. The van der Waals surface area contributed by atoms with Gasteiger partial charge in [0.2, 0.25) is 0 Å². The summed E-state index contributed by atoms with van der Waals surface area (Å²) in [5, 5.41) is 8.76. The highest BCUT2D eigenvalue weighted by Crippen LogP contribution is 2.15. The molecule has 2 rings (SSSR count). The first kappa shape index (κ1) is 9.18. The second-order valence-corrected chi connectivity index (χ2v) is 3.27. The molecule has 2 aromatic heterocycles. The molecule has 0 aliphatic rings. The second-order valence-electron chi connectivity index (χ2n) is 3.27. The third-order valence-corrected chi connectivity index (χ3v) is 2.25. The van der Waals surface area contributed by atoms with Gasteiger partial charge in [-0.25, -0.2) is 4.98 Å². The summed E-state index contributed by atoms with van der Waals surface area (Å²) in [6.45, 7) is 0.0913. The normalized spacial score (nSPS) is 13.3. The van der Waals surface area contributed by atoms with E-state index < -0.39 is 0 Å².